The molecule has 4 heteroatoms. The Kier molecular flexibility index (Phi) is 2.29. The highest BCUT2D eigenvalue weighted by Gasteiger charge is 2.12. The average molecular weight is 254 g/mol. The number of aromatic hydroxyl groups is 1. The minimum absolute atomic E-state index is 0.104. The lowest BCUT2D eigenvalue weighted by Crippen LogP contribution is -1.77. The van der Waals surface area contributed by atoms with Gasteiger partial charge in [0.25, 0.3) is 0 Å². The summed E-state index contributed by atoms with van der Waals surface area (Å²) in [4.78, 5) is 0. The first-order valence-electron chi connectivity index (χ1n) is 4.09. The molecule has 0 aliphatic rings. The standard InChI is InChI=1S/C10H8BrNO2/c1-6-10(13)9(12-14-6)7-2-4-8(11)5-3-7/h2-5,13H,1H3. The Balaban J connectivity index is 2.49. The smallest absolute Gasteiger partial charge is 0.186 e. The zero-order chi connectivity index (χ0) is 10.1. The highest BCUT2D eigenvalue weighted by Crippen LogP contribution is 2.31. The van der Waals surface area contributed by atoms with Gasteiger partial charge in [0.05, 0.1) is 0 Å². The topological polar surface area (TPSA) is 46.3 Å². The molecule has 2 rings (SSSR count). The van der Waals surface area contributed by atoms with Crippen LogP contribution >= 0.6 is 15.9 Å². The summed E-state index contributed by atoms with van der Waals surface area (Å²) in [5.41, 5.74) is 1.32. The van der Waals surface area contributed by atoms with Crippen LogP contribution in [0.3, 0.4) is 0 Å². The first kappa shape index (κ1) is 9.27. The van der Waals surface area contributed by atoms with Gasteiger partial charge in [0.2, 0.25) is 0 Å². The molecule has 0 bridgehead atoms. The Morgan fingerprint density at radius 1 is 1.29 bits per heavy atom. The van der Waals surface area contributed by atoms with Gasteiger partial charge in [-0.3, -0.25) is 0 Å². The monoisotopic (exact) mass is 253 g/mol. The van der Waals surface area contributed by atoms with Crippen molar-refractivity contribution in [2.75, 3.05) is 0 Å². The normalized spacial score (nSPS) is 10.4. The van der Waals surface area contributed by atoms with E-state index >= 15 is 0 Å². The van der Waals surface area contributed by atoms with Crippen molar-refractivity contribution in [2.45, 2.75) is 6.92 Å². The Bertz CT molecular complexity index is 448. The van der Waals surface area contributed by atoms with Crippen molar-refractivity contribution < 1.29 is 9.63 Å². The fraction of sp³-hybridized carbons (Fsp3) is 0.100. The molecule has 0 fully saturated rings. The molecule has 2 aromatic rings. The van der Waals surface area contributed by atoms with Gasteiger partial charge in [-0.05, 0) is 12.1 Å². The van der Waals surface area contributed by atoms with Crippen LogP contribution < -0.4 is 0 Å². The van der Waals surface area contributed by atoms with Crippen LogP contribution in [-0.2, 0) is 0 Å². The molecule has 0 spiro atoms. The van der Waals surface area contributed by atoms with Gasteiger partial charge in [-0.15, -0.1) is 0 Å². The summed E-state index contributed by atoms with van der Waals surface area (Å²) in [6.45, 7) is 1.67. The van der Waals surface area contributed by atoms with Crippen LogP contribution in [0.1, 0.15) is 5.76 Å². The number of hydrogen-bond acceptors (Lipinski definition) is 3. The van der Waals surface area contributed by atoms with Gasteiger partial charge in [-0.1, -0.05) is 33.2 Å². The van der Waals surface area contributed by atoms with Gasteiger partial charge in [-0.25, -0.2) is 0 Å². The molecule has 0 saturated heterocycles. The van der Waals surface area contributed by atoms with Crippen LogP contribution in [0.2, 0.25) is 0 Å². The lowest BCUT2D eigenvalue weighted by atomic mass is 10.1. The summed E-state index contributed by atoms with van der Waals surface area (Å²) in [7, 11) is 0. The highest BCUT2D eigenvalue weighted by atomic mass is 79.9. The van der Waals surface area contributed by atoms with Crippen LogP contribution in [0.4, 0.5) is 0 Å². The molecule has 0 unspecified atom stereocenters. The van der Waals surface area contributed by atoms with Gasteiger partial charge < -0.3 is 9.63 Å². The molecule has 0 aliphatic carbocycles. The molecule has 72 valence electrons. The SMILES string of the molecule is Cc1onc(-c2ccc(Br)cc2)c1O. The summed E-state index contributed by atoms with van der Waals surface area (Å²) in [5.74, 6) is 0.537. The zero-order valence-corrected chi connectivity index (χ0v) is 9.08. The van der Waals surface area contributed by atoms with Crippen LogP contribution in [-0.4, -0.2) is 10.3 Å². The second-order valence-corrected chi connectivity index (χ2v) is 3.86. The molecule has 1 N–H and O–H groups in total. The van der Waals surface area contributed by atoms with Crippen LogP contribution in [0.15, 0.2) is 33.3 Å². The molecule has 1 heterocycles. The van der Waals surface area contributed by atoms with E-state index in [1.54, 1.807) is 6.92 Å². The van der Waals surface area contributed by atoms with Gasteiger partial charge in [-0.2, -0.15) is 0 Å². The minimum atomic E-state index is 0.104. The quantitative estimate of drug-likeness (QED) is 0.850. The maximum atomic E-state index is 9.59. The molecular weight excluding hydrogens is 246 g/mol. The van der Waals surface area contributed by atoms with Gasteiger partial charge >= 0.3 is 0 Å². The largest absolute Gasteiger partial charge is 0.503 e. The van der Waals surface area contributed by atoms with E-state index < -0.39 is 0 Å². The number of hydrogen-bond donors (Lipinski definition) is 1. The molecule has 14 heavy (non-hydrogen) atoms. The predicted octanol–water partition coefficient (Wildman–Crippen LogP) is 3.12. The van der Waals surface area contributed by atoms with Crippen molar-refractivity contribution in [1.29, 1.82) is 0 Å². The summed E-state index contributed by atoms with van der Waals surface area (Å²) < 4.78 is 5.86. The van der Waals surface area contributed by atoms with E-state index in [1.165, 1.54) is 0 Å². The van der Waals surface area contributed by atoms with E-state index in [-0.39, 0.29) is 5.75 Å². The predicted molar refractivity (Wildman–Crippen MR) is 56.0 cm³/mol. The van der Waals surface area contributed by atoms with E-state index in [2.05, 4.69) is 21.1 Å². The number of rotatable bonds is 1. The van der Waals surface area contributed by atoms with Crippen molar-refractivity contribution >= 4 is 15.9 Å². The first-order chi connectivity index (χ1) is 6.68. The first-order valence-corrected chi connectivity index (χ1v) is 4.89. The number of aryl methyl sites for hydroxylation is 1. The van der Waals surface area contributed by atoms with Crippen molar-refractivity contribution in [2.24, 2.45) is 0 Å². The second-order valence-electron chi connectivity index (χ2n) is 2.94. The van der Waals surface area contributed by atoms with Crippen molar-refractivity contribution in [1.82, 2.24) is 5.16 Å². The summed E-state index contributed by atoms with van der Waals surface area (Å²) in [5, 5.41) is 13.4. The summed E-state index contributed by atoms with van der Waals surface area (Å²) >= 11 is 3.34. The van der Waals surface area contributed by atoms with Crippen LogP contribution in [0.5, 0.6) is 5.75 Å². The lowest BCUT2D eigenvalue weighted by molar-refractivity contribution is 0.384. The van der Waals surface area contributed by atoms with Crippen LogP contribution in [0, 0.1) is 6.92 Å². The summed E-state index contributed by atoms with van der Waals surface area (Å²) in [6, 6.07) is 7.50. The highest BCUT2D eigenvalue weighted by molar-refractivity contribution is 9.10. The fourth-order valence-corrected chi connectivity index (χ4v) is 1.43. The van der Waals surface area contributed by atoms with E-state index in [0.717, 1.165) is 10.0 Å². The Morgan fingerprint density at radius 3 is 2.43 bits per heavy atom. The van der Waals surface area contributed by atoms with Gasteiger partial charge in [0.1, 0.15) is 0 Å². The molecule has 0 atom stereocenters. The van der Waals surface area contributed by atoms with Crippen molar-refractivity contribution in [3.05, 3.63) is 34.5 Å². The van der Waals surface area contributed by atoms with E-state index in [0.29, 0.717) is 11.5 Å². The molecule has 3 nitrogen and oxygen atoms in total. The van der Waals surface area contributed by atoms with E-state index in [1.807, 2.05) is 24.3 Å². The summed E-state index contributed by atoms with van der Waals surface area (Å²) in [6.07, 6.45) is 0. The Morgan fingerprint density at radius 2 is 1.93 bits per heavy atom. The van der Waals surface area contributed by atoms with Crippen molar-refractivity contribution in [3.8, 4) is 17.0 Å². The molecule has 1 aromatic heterocycles. The second kappa shape index (κ2) is 3.46. The van der Waals surface area contributed by atoms with E-state index in [4.69, 9.17) is 4.52 Å². The Labute approximate surface area is 89.5 Å². The Hall–Kier alpha value is -1.29. The minimum Gasteiger partial charge on any atom is -0.503 e. The van der Waals surface area contributed by atoms with Crippen molar-refractivity contribution in [3.63, 3.8) is 0 Å². The molecule has 1 aromatic carbocycles. The number of benzene rings is 1. The zero-order valence-electron chi connectivity index (χ0n) is 7.49. The number of aromatic nitrogens is 1. The third-order valence-electron chi connectivity index (χ3n) is 1.95. The van der Waals surface area contributed by atoms with Crippen LogP contribution in [0.25, 0.3) is 11.3 Å². The lowest BCUT2D eigenvalue weighted by Gasteiger charge is -1.96. The van der Waals surface area contributed by atoms with Gasteiger partial charge in [0, 0.05) is 17.0 Å². The molecule has 0 aliphatic heterocycles. The molecule has 0 radical (unpaired) electrons. The average Bonchev–Trinajstić information content (AvgIpc) is 2.50. The molecule has 0 amide bonds. The third kappa shape index (κ3) is 1.53. The fourth-order valence-electron chi connectivity index (χ4n) is 1.16. The maximum Gasteiger partial charge on any atom is 0.186 e. The molecular formula is C10H8BrNO2. The third-order valence-corrected chi connectivity index (χ3v) is 2.48. The van der Waals surface area contributed by atoms with E-state index in [9.17, 15) is 5.11 Å². The number of halogens is 1. The van der Waals surface area contributed by atoms with Gasteiger partial charge in [0.15, 0.2) is 17.2 Å². The molecule has 0 saturated carbocycles. The maximum absolute atomic E-state index is 9.59. The number of nitrogens with zero attached hydrogens (tertiary/aromatic N) is 1.